The molecular formula is C23H29FN6O8. The van der Waals surface area contributed by atoms with E-state index in [-0.39, 0.29) is 40.8 Å². The number of nitrogens with zero attached hydrogens (tertiary/aromatic N) is 4. The summed E-state index contributed by atoms with van der Waals surface area (Å²) in [5.74, 6) is -3.64. The molecule has 1 saturated heterocycles. The lowest BCUT2D eigenvalue weighted by molar-refractivity contribution is -0.208. The molecule has 0 bridgehead atoms. The van der Waals surface area contributed by atoms with Crippen molar-refractivity contribution in [3.8, 4) is 0 Å². The van der Waals surface area contributed by atoms with Gasteiger partial charge in [0, 0.05) is 30.7 Å². The number of pyridine rings is 2. The Labute approximate surface area is 215 Å². The van der Waals surface area contributed by atoms with Crippen molar-refractivity contribution in [2.75, 3.05) is 31.6 Å². The highest BCUT2D eigenvalue weighted by Crippen LogP contribution is 2.38. The van der Waals surface area contributed by atoms with E-state index in [1.54, 1.807) is 9.47 Å². The van der Waals surface area contributed by atoms with Gasteiger partial charge in [0.1, 0.15) is 18.3 Å². The summed E-state index contributed by atoms with van der Waals surface area (Å²) in [5.41, 5.74) is 10.1. The molecule has 0 radical (unpaired) electrons. The average molecular weight is 537 g/mol. The number of nitrogens with two attached hydrogens (primary N) is 2. The molecule has 0 aromatic carbocycles. The minimum Gasteiger partial charge on any atom is -0.480 e. The van der Waals surface area contributed by atoms with E-state index in [0.717, 1.165) is 18.9 Å². The maximum absolute atomic E-state index is 15.0. The van der Waals surface area contributed by atoms with E-state index in [0.29, 0.717) is 18.8 Å². The monoisotopic (exact) mass is 536 g/mol. The fourth-order valence-electron chi connectivity index (χ4n) is 3.96. The van der Waals surface area contributed by atoms with Crippen LogP contribution < -0.4 is 21.8 Å². The molecule has 2 aliphatic rings. The molecule has 1 saturated carbocycles. The summed E-state index contributed by atoms with van der Waals surface area (Å²) >= 11 is 0. The van der Waals surface area contributed by atoms with Crippen LogP contribution in [0.4, 0.5) is 10.2 Å². The molecule has 3 heterocycles. The van der Waals surface area contributed by atoms with Gasteiger partial charge in [-0.1, -0.05) is 18.7 Å². The van der Waals surface area contributed by atoms with Gasteiger partial charge in [-0.05, 0) is 18.9 Å². The van der Waals surface area contributed by atoms with Gasteiger partial charge in [-0.25, -0.2) is 19.4 Å². The Hall–Kier alpha value is -4.08. The number of rotatable bonds is 8. The summed E-state index contributed by atoms with van der Waals surface area (Å²) in [7, 11) is 1.44. The number of halogens is 1. The second-order valence-electron chi connectivity index (χ2n) is 9.20. The first-order valence-corrected chi connectivity index (χ1v) is 11.4. The van der Waals surface area contributed by atoms with E-state index < -0.39 is 34.6 Å². The topological polar surface area (TPSA) is 216 Å². The normalized spacial score (nSPS) is 20.6. The summed E-state index contributed by atoms with van der Waals surface area (Å²) in [6.07, 6.45) is 3.02. The van der Waals surface area contributed by atoms with E-state index in [9.17, 15) is 23.9 Å². The number of aromatic nitrogens is 2. The highest BCUT2D eigenvalue weighted by atomic mass is 19.1. The smallest absolute Gasteiger partial charge is 0.341 e. The average Bonchev–Trinajstić information content (AvgIpc) is 3.67. The molecule has 2 aromatic rings. The van der Waals surface area contributed by atoms with Gasteiger partial charge < -0.3 is 40.9 Å². The van der Waals surface area contributed by atoms with E-state index in [4.69, 9.17) is 26.7 Å². The minimum atomic E-state index is -1.37. The third-order valence-corrected chi connectivity index (χ3v) is 6.37. The Kier molecular flexibility index (Phi) is 8.34. The van der Waals surface area contributed by atoms with E-state index in [1.807, 2.05) is 6.92 Å². The Morgan fingerprint density at radius 1 is 1.39 bits per heavy atom. The summed E-state index contributed by atoms with van der Waals surface area (Å²) in [6.45, 7) is 5.92. The molecule has 1 aliphatic carbocycles. The first-order chi connectivity index (χ1) is 17.9. The lowest BCUT2D eigenvalue weighted by Crippen LogP contribution is -2.36. The maximum Gasteiger partial charge on any atom is 0.341 e. The number of carbonyl (C=O) groups is 2. The number of hydrogen-bond donors (Lipinski definition) is 5. The van der Waals surface area contributed by atoms with Gasteiger partial charge >= 0.3 is 11.9 Å². The number of aromatic carboxylic acids is 1. The molecule has 0 spiro atoms. The third kappa shape index (κ3) is 5.58. The zero-order valence-corrected chi connectivity index (χ0v) is 20.8. The van der Waals surface area contributed by atoms with Gasteiger partial charge in [0.15, 0.2) is 23.4 Å². The molecule has 0 amide bonds. The molecule has 1 unspecified atom stereocenters. The molecule has 2 atom stereocenters. The summed E-state index contributed by atoms with van der Waals surface area (Å²) in [4.78, 5) is 48.5. The highest BCUT2D eigenvalue weighted by Gasteiger charge is 2.41. The lowest BCUT2D eigenvalue weighted by Gasteiger charge is -2.23. The van der Waals surface area contributed by atoms with Crippen LogP contribution in [0.25, 0.3) is 11.0 Å². The molecule has 2 fully saturated rings. The standard InChI is InChI=1S/C19H22FN5O4.C4H7NO4/c1-19(8-21)9-24(7-14(19)23-29-2)17-13(20)5-11-15(26)12(18(27)28)6-25(10-3-4-10)16(11)22-17;1-2(9-8)3(5)4(6)7/h5-6,10H,3-4,7-9,21H2,1-2H3,(H,27,28);3,8H,1,5H2,(H,6,7)/b23-14-;/t19-;/m1./s1. The zero-order chi connectivity index (χ0) is 28.4. The molecule has 38 heavy (non-hydrogen) atoms. The minimum absolute atomic E-state index is 0.0374. The van der Waals surface area contributed by atoms with Crippen molar-refractivity contribution in [1.29, 1.82) is 0 Å². The van der Waals surface area contributed by atoms with Crippen LogP contribution in [0.3, 0.4) is 0 Å². The summed E-state index contributed by atoms with van der Waals surface area (Å²) in [5, 5.41) is 29.3. The van der Waals surface area contributed by atoms with E-state index in [1.165, 1.54) is 13.3 Å². The predicted octanol–water partition coefficient (Wildman–Crippen LogP) is 0.758. The molecule has 2 aromatic heterocycles. The molecule has 7 N–H and O–H groups in total. The fourth-order valence-corrected chi connectivity index (χ4v) is 3.96. The lowest BCUT2D eigenvalue weighted by atomic mass is 9.88. The fraction of sp³-hybridized carbons (Fsp3) is 0.435. The Morgan fingerprint density at radius 3 is 2.53 bits per heavy atom. The van der Waals surface area contributed by atoms with E-state index >= 15 is 0 Å². The van der Waals surface area contributed by atoms with Crippen LogP contribution in [0.2, 0.25) is 0 Å². The van der Waals surface area contributed by atoms with Crippen LogP contribution in [0.15, 0.2) is 34.6 Å². The largest absolute Gasteiger partial charge is 0.480 e. The number of fused-ring (bicyclic) bond motifs is 1. The van der Waals surface area contributed by atoms with Gasteiger partial charge in [-0.2, -0.15) is 0 Å². The first kappa shape index (κ1) is 28.5. The van der Waals surface area contributed by atoms with Gasteiger partial charge in [0.25, 0.3) is 0 Å². The van der Waals surface area contributed by atoms with Crippen molar-refractivity contribution < 1.29 is 39.2 Å². The van der Waals surface area contributed by atoms with Crippen LogP contribution in [0.5, 0.6) is 0 Å². The van der Waals surface area contributed by atoms with Gasteiger partial charge in [-0.15, -0.1) is 0 Å². The van der Waals surface area contributed by atoms with Crippen molar-refractivity contribution in [3.05, 3.63) is 46.2 Å². The van der Waals surface area contributed by atoms with E-state index in [2.05, 4.69) is 21.6 Å². The van der Waals surface area contributed by atoms with Crippen molar-refractivity contribution >= 4 is 34.5 Å². The number of hydrogen-bond acceptors (Lipinski definition) is 11. The van der Waals surface area contributed by atoms with Crippen LogP contribution in [-0.2, 0) is 14.5 Å². The number of aliphatic carboxylic acids is 1. The predicted molar refractivity (Wildman–Crippen MR) is 133 cm³/mol. The van der Waals surface area contributed by atoms with Crippen LogP contribution in [0, 0.1) is 11.2 Å². The van der Waals surface area contributed by atoms with Crippen LogP contribution >= 0.6 is 0 Å². The van der Waals surface area contributed by atoms with Crippen molar-refractivity contribution in [1.82, 2.24) is 9.55 Å². The molecule has 14 nitrogen and oxygen atoms in total. The second kappa shape index (κ2) is 11.1. The summed E-state index contributed by atoms with van der Waals surface area (Å²) in [6, 6.07) is -0.230. The van der Waals surface area contributed by atoms with Crippen LogP contribution in [-0.4, -0.2) is 75.5 Å². The van der Waals surface area contributed by atoms with Gasteiger partial charge in [0.2, 0.25) is 5.43 Å². The second-order valence-corrected chi connectivity index (χ2v) is 9.20. The van der Waals surface area contributed by atoms with Gasteiger partial charge in [-0.3, -0.25) is 9.59 Å². The molecular weight excluding hydrogens is 507 g/mol. The van der Waals surface area contributed by atoms with Crippen molar-refractivity contribution in [2.24, 2.45) is 22.0 Å². The maximum atomic E-state index is 15.0. The Balaban J connectivity index is 0.000000383. The first-order valence-electron chi connectivity index (χ1n) is 11.4. The molecule has 4 rings (SSSR count). The number of anilines is 1. The molecule has 15 heteroatoms. The Bertz CT molecular complexity index is 1360. The number of carboxylic acid groups (broad SMARTS) is 2. The molecule has 206 valence electrons. The number of oxime groups is 1. The summed E-state index contributed by atoms with van der Waals surface area (Å²) < 4.78 is 16.7. The SMILES string of the molecule is C=C(OO)C(N)C(=O)O.CO/N=C1/CN(c2nc3c(cc2F)c(=O)c(C(=O)O)cn3C2CC2)C[C@@]1(C)CN. The van der Waals surface area contributed by atoms with Crippen LogP contribution in [0.1, 0.15) is 36.2 Å². The van der Waals surface area contributed by atoms with Gasteiger partial charge in [0.05, 0.1) is 17.6 Å². The number of carboxylic acids is 2. The third-order valence-electron chi connectivity index (χ3n) is 6.37. The zero-order valence-electron chi connectivity index (χ0n) is 20.8. The van der Waals surface area contributed by atoms with Crippen molar-refractivity contribution in [3.63, 3.8) is 0 Å². The molecule has 1 aliphatic heterocycles. The Morgan fingerprint density at radius 2 is 2.05 bits per heavy atom. The quantitative estimate of drug-likeness (QED) is 0.179. The highest BCUT2D eigenvalue weighted by molar-refractivity contribution is 5.97. The van der Waals surface area contributed by atoms with Crippen molar-refractivity contribution in [2.45, 2.75) is 31.8 Å².